The minimum Gasteiger partial charge on any atom is -0.395 e. The van der Waals surface area contributed by atoms with Crippen LogP contribution in [0.25, 0.3) is 0 Å². The zero-order chi connectivity index (χ0) is 4.83. The molecule has 0 rings (SSSR count). The summed E-state index contributed by atoms with van der Waals surface area (Å²) in [6.07, 6.45) is 3.49. The van der Waals surface area contributed by atoms with E-state index in [1.165, 1.54) is 10.8 Å². The SMILES string of the molecule is [CH2-]SSCCO.[CH3-].[Y]. The second-order valence-electron chi connectivity index (χ2n) is 0.663. The monoisotopic (exact) mass is 227 g/mol. The molecule has 0 heterocycles. The predicted molar refractivity (Wildman–Crippen MR) is 38.9 cm³/mol. The number of aliphatic hydroxyl groups excluding tert-OH is 1. The molecule has 0 aromatic carbocycles. The van der Waals surface area contributed by atoms with Gasteiger partial charge in [-0.25, -0.2) is 0 Å². The molecular weight excluding hydrogens is 217 g/mol. The average molecular weight is 227 g/mol. The van der Waals surface area contributed by atoms with Gasteiger partial charge in [0.2, 0.25) is 0 Å². The van der Waals surface area contributed by atoms with Crippen LogP contribution in [0.3, 0.4) is 0 Å². The third kappa shape index (κ3) is 15.7. The van der Waals surface area contributed by atoms with Gasteiger partial charge >= 0.3 is 0 Å². The fourth-order valence-electron chi connectivity index (χ4n) is 0.0962. The summed E-state index contributed by atoms with van der Waals surface area (Å²) in [5.74, 6) is 0.786. The van der Waals surface area contributed by atoms with E-state index in [1.807, 2.05) is 0 Å². The maximum absolute atomic E-state index is 8.14. The molecule has 0 unspecified atom stereocenters. The molecule has 0 aliphatic rings. The van der Waals surface area contributed by atoms with Crippen LogP contribution in [-0.4, -0.2) is 17.5 Å². The summed E-state index contributed by atoms with van der Waals surface area (Å²) < 4.78 is 0. The smallest absolute Gasteiger partial charge is 0.0529 e. The minimum absolute atomic E-state index is 0. The Morgan fingerprint density at radius 2 is 2.00 bits per heavy atom. The molecule has 0 atom stereocenters. The van der Waals surface area contributed by atoms with Crippen LogP contribution in [0.1, 0.15) is 0 Å². The second-order valence-corrected chi connectivity index (χ2v) is 2.96. The molecule has 0 saturated heterocycles. The van der Waals surface area contributed by atoms with Crippen LogP contribution >= 0.6 is 21.6 Å². The summed E-state index contributed by atoms with van der Waals surface area (Å²) in [5, 5.41) is 8.14. The molecule has 8 heavy (non-hydrogen) atoms. The quantitative estimate of drug-likeness (QED) is 0.449. The Balaban J connectivity index is -0.000000125. The van der Waals surface area contributed by atoms with Crippen LogP contribution in [0.2, 0.25) is 0 Å². The van der Waals surface area contributed by atoms with E-state index in [-0.39, 0.29) is 46.7 Å². The summed E-state index contributed by atoms with van der Waals surface area (Å²) in [6.45, 7) is 0.257. The predicted octanol–water partition coefficient (Wildman–Crippen LogP) is 1.60. The fourth-order valence-corrected chi connectivity index (χ4v) is 0.866. The molecule has 0 aliphatic heterocycles. The molecule has 0 aliphatic carbocycles. The van der Waals surface area contributed by atoms with E-state index in [4.69, 9.17) is 5.11 Å². The summed E-state index contributed by atoms with van der Waals surface area (Å²) in [6, 6.07) is 0. The van der Waals surface area contributed by atoms with Crippen molar-refractivity contribution >= 4 is 21.6 Å². The van der Waals surface area contributed by atoms with E-state index in [2.05, 4.69) is 6.26 Å². The number of rotatable bonds is 3. The van der Waals surface area contributed by atoms with Crippen molar-refractivity contribution in [3.8, 4) is 0 Å². The Bertz CT molecular complexity index is 26.0. The molecule has 1 nitrogen and oxygen atoms in total. The molecule has 1 radical (unpaired) electrons. The van der Waals surface area contributed by atoms with Crippen molar-refractivity contribution < 1.29 is 37.8 Å². The molecule has 0 aromatic heterocycles. The molecule has 0 aromatic rings. The fraction of sp³-hybridized carbons (Fsp3) is 0.500. The van der Waals surface area contributed by atoms with E-state index in [0.717, 1.165) is 5.75 Å². The third-order valence-electron chi connectivity index (χ3n) is 0.258. The van der Waals surface area contributed by atoms with Crippen LogP contribution in [0.4, 0.5) is 0 Å². The van der Waals surface area contributed by atoms with Crippen LogP contribution in [0, 0.1) is 13.7 Å². The molecular formula is C4H10OS2Y-2. The zero-order valence-corrected chi connectivity index (χ0v) is 9.43. The average Bonchev–Trinajstić information content (AvgIpc) is 1.61. The van der Waals surface area contributed by atoms with Crippen molar-refractivity contribution in [3.63, 3.8) is 0 Å². The van der Waals surface area contributed by atoms with Gasteiger partial charge in [0.05, 0.1) is 6.61 Å². The molecule has 49 valence electrons. The standard InChI is InChI=1S/C3H7OS2.CH3.Y/c1-5-6-3-2-4;;/h4H,1-3H2;1H3;/q2*-1;. The first kappa shape index (κ1) is 16.4. The first-order chi connectivity index (χ1) is 2.91. The summed E-state index contributed by atoms with van der Waals surface area (Å²) in [4.78, 5) is 0. The first-order valence-corrected chi connectivity index (χ1v) is 4.05. The van der Waals surface area contributed by atoms with E-state index in [1.54, 1.807) is 10.8 Å². The molecule has 0 saturated carbocycles. The number of aliphatic hydroxyl groups is 1. The van der Waals surface area contributed by atoms with Crippen LogP contribution in [0.5, 0.6) is 0 Å². The Hall–Kier alpha value is 1.76. The van der Waals surface area contributed by atoms with Gasteiger partial charge < -0.3 is 12.5 Å². The molecule has 0 fully saturated rings. The molecule has 4 heteroatoms. The van der Waals surface area contributed by atoms with Crippen molar-refractivity contribution in [1.29, 1.82) is 0 Å². The van der Waals surface area contributed by atoms with Gasteiger partial charge in [-0.2, -0.15) is 0 Å². The van der Waals surface area contributed by atoms with Gasteiger partial charge in [-0.3, -0.25) is 17.0 Å². The molecule has 0 spiro atoms. The topological polar surface area (TPSA) is 20.2 Å². The van der Waals surface area contributed by atoms with Gasteiger partial charge in [0, 0.05) is 38.5 Å². The van der Waals surface area contributed by atoms with Crippen molar-refractivity contribution in [2.75, 3.05) is 12.4 Å². The maximum atomic E-state index is 8.14. The van der Waals surface area contributed by atoms with E-state index in [9.17, 15) is 0 Å². The van der Waals surface area contributed by atoms with Gasteiger partial charge in [-0.15, -0.1) is 10.8 Å². The normalized spacial score (nSPS) is 6.75. The zero-order valence-electron chi connectivity index (χ0n) is 4.96. The Kier molecular flexibility index (Phi) is 32.6. The summed E-state index contributed by atoms with van der Waals surface area (Å²) in [7, 11) is 3.00. The summed E-state index contributed by atoms with van der Waals surface area (Å²) >= 11 is 0. The van der Waals surface area contributed by atoms with Gasteiger partial charge in [0.15, 0.2) is 0 Å². The minimum atomic E-state index is 0. The van der Waals surface area contributed by atoms with Crippen molar-refractivity contribution in [2.24, 2.45) is 0 Å². The van der Waals surface area contributed by atoms with Crippen LogP contribution < -0.4 is 0 Å². The van der Waals surface area contributed by atoms with E-state index in [0.29, 0.717) is 0 Å². The van der Waals surface area contributed by atoms with Crippen LogP contribution in [0.15, 0.2) is 0 Å². The van der Waals surface area contributed by atoms with Gasteiger partial charge in [0.25, 0.3) is 0 Å². The largest absolute Gasteiger partial charge is 0.395 e. The van der Waals surface area contributed by atoms with Crippen LogP contribution in [-0.2, 0) is 32.7 Å². The Morgan fingerprint density at radius 1 is 1.50 bits per heavy atom. The molecule has 0 bridgehead atoms. The third-order valence-corrected chi connectivity index (χ3v) is 1.77. The van der Waals surface area contributed by atoms with E-state index < -0.39 is 0 Å². The van der Waals surface area contributed by atoms with E-state index >= 15 is 0 Å². The van der Waals surface area contributed by atoms with Crippen molar-refractivity contribution in [3.05, 3.63) is 13.7 Å². The van der Waals surface area contributed by atoms with Gasteiger partial charge in [-0.1, -0.05) is 0 Å². The van der Waals surface area contributed by atoms with Gasteiger partial charge in [-0.05, 0) is 0 Å². The number of hydrogen-bond acceptors (Lipinski definition) is 3. The van der Waals surface area contributed by atoms with Crippen molar-refractivity contribution in [2.45, 2.75) is 0 Å². The Morgan fingerprint density at radius 3 is 2.12 bits per heavy atom. The molecule has 1 N–H and O–H groups in total. The van der Waals surface area contributed by atoms with Crippen molar-refractivity contribution in [1.82, 2.24) is 0 Å². The molecule has 0 amide bonds. The second kappa shape index (κ2) is 15.9. The Labute approximate surface area is 84.7 Å². The van der Waals surface area contributed by atoms with Gasteiger partial charge in [0.1, 0.15) is 0 Å². The number of hydrogen-bond donors (Lipinski definition) is 1. The maximum Gasteiger partial charge on any atom is 0.0529 e. The first-order valence-electron chi connectivity index (χ1n) is 1.56. The summed E-state index contributed by atoms with van der Waals surface area (Å²) in [5.41, 5.74) is 0.